The van der Waals surface area contributed by atoms with Crippen molar-refractivity contribution in [1.29, 1.82) is 0 Å². The first kappa shape index (κ1) is 17.5. The molecule has 0 saturated heterocycles. The van der Waals surface area contributed by atoms with Crippen LogP contribution in [0.1, 0.15) is 33.6 Å². The second-order valence-electron chi connectivity index (χ2n) is 7.12. The van der Waals surface area contributed by atoms with Crippen molar-refractivity contribution in [2.45, 2.75) is 39.7 Å². The van der Waals surface area contributed by atoms with Crippen molar-refractivity contribution in [3.63, 3.8) is 0 Å². The SMILES string of the molecule is CC(C)(C)C(OC(N)=O)C1(CN(C=O)c2ccc(Cl)nc2)CC1. The number of carbonyl (C=O) groups is 2. The number of hydrogen-bond donors (Lipinski definition) is 1. The topological polar surface area (TPSA) is 85.5 Å². The Balaban J connectivity index is 2.22. The molecular weight excluding hydrogens is 318 g/mol. The summed E-state index contributed by atoms with van der Waals surface area (Å²) in [5, 5.41) is 0.366. The lowest BCUT2D eigenvalue weighted by molar-refractivity contribution is -0.108. The van der Waals surface area contributed by atoms with Crippen molar-refractivity contribution in [3.8, 4) is 0 Å². The van der Waals surface area contributed by atoms with Gasteiger partial charge in [-0.3, -0.25) is 4.79 Å². The minimum Gasteiger partial charge on any atom is -0.445 e. The molecule has 1 aromatic rings. The molecule has 1 unspecified atom stereocenters. The summed E-state index contributed by atoms with van der Waals surface area (Å²) in [6.45, 7) is 6.43. The molecule has 0 bridgehead atoms. The summed E-state index contributed by atoms with van der Waals surface area (Å²) >= 11 is 5.78. The maximum Gasteiger partial charge on any atom is 0.404 e. The first-order valence-electron chi connectivity index (χ1n) is 7.47. The Morgan fingerprint density at radius 3 is 2.57 bits per heavy atom. The van der Waals surface area contributed by atoms with Gasteiger partial charge in [0.15, 0.2) is 0 Å². The van der Waals surface area contributed by atoms with Crippen LogP contribution in [-0.4, -0.2) is 30.1 Å². The number of aromatic nitrogens is 1. The van der Waals surface area contributed by atoms with Gasteiger partial charge in [-0.1, -0.05) is 32.4 Å². The van der Waals surface area contributed by atoms with E-state index in [1.165, 1.54) is 0 Å². The minimum absolute atomic E-state index is 0.279. The van der Waals surface area contributed by atoms with Crippen LogP contribution in [0.2, 0.25) is 5.15 Å². The number of anilines is 1. The number of hydrogen-bond acceptors (Lipinski definition) is 4. The van der Waals surface area contributed by atoms with Gasteiger partial charge in [0, 0.05) is 12.0 Å². The maximum absolute atomic E-state index is 11.5. The molecule has 0 spiro atoms. The molecule has 126 valence electrons. The van der Waals surface area contributed by atoms with Crippen LogP contribution < -0.4 is 10.6 Å². The highest BCUT2D eigenvalue weighted by Crippen LogP contribution is 2.55. The highest BCUT2D eigenvalue weighted by molar-refractivity contribution is 6.29. The molecule has 6 nitrogen and oxygen atoms in total. The number of amides is 2. The standard InChI is InChI=1S/C16H22ClN3O3/c1-15(2,3)13(23-14(18)22)16(6-7-16)9-20(10-21)11-4-5-12(17)19-8-11/h4-5,8,10,13H,6-7,9H2,1-3H3,(H2,18,22). The first-order chi connectivity index (χ1) is 10.7. The zero-order valence-electron chi connectivity index (χ0n) is 13.6. The van der Waals surface area contributed by atoms with E-state index >= 15 is 0 Å². The molecule has 1 aromatic heterocycles. The molecule has 2 amide bonds. The highest BCUT2D eigenvalue weighted by atomic mass is 35.5. The molecule has 2 rings (SSSR count). The maximum atomic E-state index is 11.5. The third-order valence-corrected chi connectivity index (χ3v) is 4.35. The molecule has 1 atom stereocenters. The lowest BCUT2D eigenvalue weighted by Crippen LogP contribution is -2.46. The number of nitrogens with zero attached hydrogens (tertiary/aromatic N) is 2. The Labute approximate surface area is 140 Å². The largest absolute Gasteiger partial charge is 0.445 e. The zero-order valence-corrected chi connectivity index (χ0v) is 14.3. The highest BCUT2D eigenvalue weighted by Gasteiger charge is 2.56. The van der Waals surface area contributed by atoms with Crippen LogP contribution in [0.25, 0.3) is 0 Å². The molecule has 7 heteroatoms. The number of nitrogens with two attached hydrogens (primary N) is 1. The summed E-state index contributed by atoms with van der Waals surface area (Å²) in [6.07, 6.45) is 2.89. The van der Waals surface area contributed by atoms with E-state index in [0.717, 1.165) is 19.3 Å². The molecule has 0 aliphatic heterocycles. The monoisotopic (exact) mass is 339 g/mol. The number of carbonyl (C=O) groups excluding carboxylic acids is 2. The van der Waals surface area contributed by atoms with Crippen LogP contribution in [0.3, 0.4) is 0 Å². The van der Waals surface area contributed by atoms with Gasteiger partial charge in [0.05, 0.1) is 11.9 Å². The Bertz CT molecular complexity index is 579. The number of primary amides is 1. The Kier molecular flexibility index (Phi) is 4.84. The van der Waals surface area contributed by atoms with E-state index in [9.17, 15) is 9.59 Å². The van der Waals surface area contributed by atoms with E-state index in [2.05, 4.69) is 4.98 Å². The third-order valence-electron chi connectivity index (χ3n) is 4.12. The van der Waals surface area contributed by atoms with Crippen molar-refractivity contribution in [1.82, 2.24) is 4.98 Å². The van der Waals surface area contributed by atoms with Crippen molar-refractivity contribution in [2.75, 3.05) is 11.4 Å². The zero-order chi connectivity index (χ0) is 17.3. The average Bonchev–Trinajstić information content (AvgIpc) is 3.23. The van der Waals surface area contributed by atoms with Gasteiger partial charge in [-0.25, -0.2) is 9.78 Å². The summed E-state index contributed by atoms with van der Waals surface area (Å²) < 4.78 is 5.40. The second kappa shape index (κ2) is 6.35. The third kappa shape index (κ3) is 4.13. The lowest BCUT2D eigenvalue weighted by Gasteiger charge is -2.38. The van der Waals surface area contributed by atoms with E-state index in [1.807, 2.05) is 20.8 Å². The van der Waals surface area contributed by atoms with Crippen LogP contribution in [0, 0.1) is 10.8 Å². The second-order valence-corrected chi connectivity index (χ2v) is 7.51. The number of halogens is 1. The summed E-state index contributed by atoms with van der Waals surface area (Å²) in [6, 6.07) is 3.37. The number of pyridine rings is 1. The quantitative estimate of drug-likeness (QED) is 0.637. The van der Waals surface area contributed by atoms with Gasteiger partial charge in [0.2, 0.25) is 6.41 Å². The first-order valence-corrected chi connectivity index (χ1v) is 7.85. The van der Waals surface area contributed by atoms with Crippen LogP contribution in [0.4, 0.5) is 10.5 Å². The van der Waals surface area contributed by atoms with E-state index in [0.29, 0.717) is 17.4 Å². The molecule has 1 aliphatic carbocycles. The van der Waals surface area contributed by atoms with Gasteiger partial charge < -0.3 is 15.4 Å². The normalized spacial score (nSPS) is 17.2. The molecule has 0 aromatic carbocycles. The summed E-state index contributed by atoms with van der Waals surface area (Å²) in [5.41, 5.74) is 5.33. The van der Waals surface area contributed by atoms with Gasteiger partial charge in [-0.15, -0.1) is 0 Å². The van der Waals surface area contributed by atoms with E-state index in [1.54, 1.807) is 23.2 Å². The van der Waals surface area contributed by atoms with Crippen molar-refractivity contribution in [3.05, 3.63) is 23.5 Å². The molecule has 1 fully saturated rings. The minimum atomic E-state index is -0.790. The molecule has 23 heavy (non-hydrogen) atoms. The van der Waals surface area contributed by atoms with Crippen molar-refractivity contribution in [2.24, 2.45) is 16.6 Å². The van der Waals surface area contributed by atoms with Crippen LogP contribution in [0.15, 0.2) is 18.3 Å². The Hall–Kier alpha value is -1.82. The smallest absolute Gasteiger partial charge is 0.404 e. The van der Waals surface area contributed by atoms with Crippen LogP contribution in [0.5, 0.6) is 0 Å². The summed E-state index contributed by atoms with van der Waals surface area (Å²) in [4.78, 5) is 28.4. The molecule has 1 aliphatic rings. The molecule has 1 heterocycles. The van der Waals surface area contributed by atoms with Crippen molar-refractivity contribution < 1.29 is 14.3 Å². The van der Waals surface area contributed by atoms with E-state index in [-0.39, 0.29) is 16.9 Å². The molecule has 1 saturated carbocycles. The predicted molar refractivity (Wildman–Crippen MR) is 88.2 cm³/mol. The van der Waals surface area contributed by atoms with E-state index < -0.39 is 6.09 Å². The molecular formula is C16H22ClN3O3. The molecule has 2 N–H and O–H groups in total. The van der Waals surface area contributed by atoms with Gasteiger partial charge in [0.25, 0.3) is 0 Å². The number of rotatable bonds is 6. The molecule has 0 radical (unpaired) electrons. The van der Waals surface area contributed by atoms with Crippen molar-refractivity contribution >= 4 is 29.8 Å². The summed E-state index contributed by atoms with van der Waals surface area (Å²) in [5.74, 6) is 0. The average molecular weight is 340 g/mol. The Morgan fingerprint density at radius 2 is 2.17 bits per heavy atom. The fourth-order valence-electron chi connectivity index (χ4n) is 3.07. The lowest BCUT2D eigenvalue weighted by atomic mass is 9.78. The fraction of sp³-hybridized carbons (Fsp3) is 0.562. The fourth-order valence-corrected chi connectivity index (χ4v) is 3.18. The Morgan fingerprint density at radius 1 is 1.52 bits per heavy atom. The number of ether oxygens (including phenoxy) is 1. The van der Waals surface area contributed by atoms with Crippen LogP contribution >= 0.6 is 11.6 Å². The van der Waals surface area contributed by atoms with Gasteiger partial charge in [0.1, 0.15) is 11.3 Å². The summed E-state index contributed by atoms with van der Waals surface area (Å²) in [7, 11) is 0. The van der Waals surface area contributed by atoms with Gasteiger partial charge in [-0.2, -0.15) is 0 Å². The van der Waals surface area contributed by atoms with E-state index in [4.69, 9.17) is 22.1 Å². The van der Waals surface area contributed by atoms with Gasteiger partial charge >= 0.3 is 6.09 Å². The van der Waals surface area contributed by atoms with Crippen LogP contribution in [-0.2, 0) is 9.53 Å². The predicted octanol–water partition coefficient (Wildman–Crippen LogP) is 2.99. The van der Waals surface area contributed by atoms with Gasteiger partial charge in [-0.05, 0) is 30.4 Å².